The van der Waals surface area contributed by atoms with Crippen molar-refractivity contribution < 1.29 is 14.3 Å². The van der Waals surface area contributed by atoms with Crippen LogP contribution < -0.4 is 0 Å². The van der Waals surface area contributed by atoms with E-state index < -0.39 is 6.29 Å². The fraction of sp³-hybridized carbons (Fsp3) is 0.929. The molecule has 0 spiro atoms. The van der Waals surface area contributed by atoms with Gasteiger partial charge in [-0.1, -0.05) is 6.42 Å². The maximum atomic E-state index is 12.1. The number of ether oxygens (including phenoxy) is 2. The molecule has 0 N–H and O–H groups in total. The Labute approximate surface area is 104 Å². The van der Waals surface area contributed by atoms with Crippen molar-refractivity contribution in [1.29, 1.82) is 0 Å². The zero-order valence-corrected chi connectivity index (χ0v) is 11.0. The minimum absolute atomic E-state index is 0.145. The molecule has 0 saturated heterocycles. The normalized spacial score (nSPS) is 31.4. The quantitative estimate of drug-likeness (QED) is 0.642. The zero-order chi connectivity index (χ0) is 12.3. The van der Waals surface area contributed by atoms with E-state index in [1.54, 1.807) is 0 Å². The zero-order valence-electron chi connectivity index (χ0n) is 11.0. The van der Waals surface area contributed by atoms with Gasteiger partial charge in [0.1, 0.15) is 0 Å². The average Bonchev–Trinajstić information content (AvgIpc) is 2.90. The molecule has 3 atom stereocenters. The molecule has 98 valence electrons. The predicted molar refractivity (Wildman–Crippen MR) is 65.6 cm³/mol. The Morgan fingerprint density at radius 2 is 1.88 bits per heavy atom. The van der Waals surface area contributed by atoms with E-state index in [1.807, 2.05) is 13.8 Å². The maximum Gasteiger partial charge on any atom is 0.217 e. The molecule has 0 aromatic rings. The Kier molecular flexibility index (Phi) is 4.57. The van der Waals surface area contributed by atoms with Crippen LogP contribution in [0.2, 0.25) is 0 Å². The molecule has 2 aliphatic rings. The highest BCUT2D eigenvalue weighted by Crippen LogP contribution is 2.49. The molecule has 2 aliphatic carbocycles. The molecule has 0 aliphatic heterocycles. The second-order valence-electron chi connectivity index (χ2n) is 5.35. The van der Waals surface area contributed by atoms with E-state index in [0.717, 1.165) is 11.8 Å². The van der Waals surface area contributed by atoms with Gasteiger partial charge in [0.25, 0.3) is 0 Å². The van der Waals surface area contributed by atoms with Crippen molar-refractivity contribution in [2.45, 2.75) is 52.2 Å². The molecule has 2 fully saturated rings. The van der Waals surface area contributed by atoms with E-state index in [-0.39, 0.29) is 5.78 Å². The van der Waals surface area contributed by atoms with Crippen LogP contribution in [-0.4, -0.2) is 25.3 Å². The highest BCUT2D eigenvalue weighted by Gasteiger charge is 2.40. The smallest absolute Gasteiger partial charge is 0.217 e. The van der Waals surface area contributed by atoms with Gasteiger partial charge in [-0.15, -0.1) is 0 Å². The first-order valence-corrected chi connectivity index (χ1v) is 7.00. The third kappa shape index (κ3) is 3.08. The Bertz CT molecular complexity index is 258. The number of hydrogen-bond donors (Lipinski definition) is 0. The minimum Gasteiger partial charge on any atom is -0.346 e. The molecule has 0 aromatic heterocycles. The number of hydrogen-bond acceptors (Lipinski definition) is 3. The molecule has 2 bridgehead atoms. The molecular weight excluding hydrogens is 216 g/mol. The van der Waals surface area contributed by atoms with Gasteiger partial charge in [-0.2, -0.15) is 0 Å². The van der Waals surface area contributed by atoms with Gasteiger partial charge in [0.15, 0.2) is 5.78 Å². The van der Waals surface area contributed by atoms with E-state index in [9.17, 15) is 4.79 Å². The van der Waals surface area contributed by atoms with Gasteiger partial charge in [-0.25, -0.2) is 0 Å². The number of ketones is 1. The van der Waals surface area contributed by atoms with Crippen LogP contribution in [0.25, 0.3) is 0 Å². The van der Waals surface area contributed by atoms with E-state index in [4.69, 9.17) is 9.47 Å². The van der Waals surface area contributed by atoms with Crippen molar-refractivity contribution in [2.24, 2.45) is 17.8 Å². The third-order valence-electron chi connectivity index (χ3n) is 4.25. The van der Waals surface area contributed by atoms with Crippen molar-refractivity contribution in [3.05, 3.63) is 0 Å². The molecule has 2 rings (SSSR count). The molecule has 2 saturated carbocycles. The first-order valence-electron chi connectivity index (χ1n) is 7.00. The van der Waals surface area contributed by atoms with Gasteiger partial charge in [0.2, 0.25) is 6.29 Å². The summed E-state index contributed by atoms with van der Waals surface area (Å²) in [5.41, 5.74) is 0. The number of fused-ring (bicyclic) bond motifs is 2. The van der Waals surface area contributed by atoms with Crippen molar-refractivity contribution in [1.82, 2.24) is 0 Å². The molecule has 3 nitrogen and oxygen atoms in total. The summed E-state index contributed by atoms with van der Waals surface area (Å²) in [6.07, 6.45) is 5.36. The number of carbonyl (C=O) groups is 1. The lowest BCUT2D eigenvalue weighted by Crippen LogP contribution is -2.30. The van der Waals surface area contributed by atoms with Crippen molar-refractivity contribution in [3.8, 4) is 0 Å². The molecule has 3 heteroatoms. The summed E-state index contributed by atoms with van der Waals surface area (Å²) in [5, 5.41) is 0. The molecule has 0 amide bonds. The van der Waals surface area contributed by atoms with Crippen LogP contribution in [0.5, 0.6) is 0 Å². The Hall–Kier alpha value is -0.410. The van der Waals surface area contributed by atoms with Crippen LogP contribution >= 0.6 is 0 Å². The van der Waals surface area contributed by atoms with Crippen LogP contribution in [-0.2, 0) is 14.3 Å². The lowest BCUT2D eigenvalue weighted by Gasteiger charge is -2.23. The van der Waals surface area contributed by atoms with Gasteiger partial charge in [0.05, 0.1) is 0 Å². The highest BCUT2D eigenvalue weighted by atomic mass is 16.7. The molecule has 0 radical (unpaired) electrons. The van der Waals surface area contributed by atoms with Crippen LogP contribution in [0.1, 0.15) is 46.0 Å². The molecule has 17 heavy (non-hydrogen) atoms. The number of carbonyl (C=O) groups excluding carboxylic acids is 1. The molecule has 3 unspecified atom stereocenters. The van der Waals surface area contributed by atoms with E-state index in [0.29, 0.717) is 25.6 Å². The second-order valence-corrected chi connectivity index (χ2v) is 5.35. The fourth-order valence-corrected chi connectivity index (χ4v) is 3.52. The van der Waals surface area contributed by atoms with Crippen LogP contribution in [0.15, 0.2) is 0 Å². The van der Waals surface area contributed by atoms with Crippen LogP contribution in [0.3, 0.4) is 0 Å². The summed E-state index contributed by atoms with van der Waals surface area (Å²) in [5.74, 6) is 2.44. The van der Waals surface area contributed by atoms with Gasteiger partial charge >= 0.3 is 0 Å². The lowest BCUT2D eigenvalue weighted by molar-refractivity contribution is -0.169. The standard InChI is InChI=1S/C14H24O3/c1-3-16-14(17-4-2)13(15)9-12-8-10-5-6-11(12)7-10/h10-12,14H,3-9H2,1-2H3. The first-order chi connectivity index (χ1) is 8.24. The Morgan fingerprint density at radius 3 is 2.35 bits per heavy atom. The predicted octanol–water partition coefficient (Wildman–Crippen LogP) is 2.78. The monoisotopic (exact) mass is 240 g/mol. The topological polar surface area (TPSA) is 35.5 Å². The average molecular weight is 240 g/mol. The van der Waals surface area contributed by atoms with Crippen LogP contribution in [0.4, 0.5) is 0 Å². The van der Waals surface area contributed by atoms with Crippen molar-refractivity contribution in [2.75, 3.05) is 13.2 Å². The molecule has 0 heterocycles. The van der Waals surface area contributed by atoms with E-state index in [1.165, 1.54) is 25.7 Å². The first kappa shape index (κ1) is 13.0. The summed E-state index contributed by atoms with van der Waals surface area (Å²) < 4.78 is 10.7. The Morgan fingerprint density at radius 1 is 1.18 bits per heavy atom. The summed E-state index contributed by atoms with van der Waals surface area (Å²) in [4.78, 5) is 12.1. The van der Waals surface area contributed by atoms with Crippen LogP contribution in [0, 0.1) is 17.8 Å². The summed E-state index contributed by atoms with van der Waals surface area (Å²) >= 11 is 0. The van der Waals surface area contributed by atoms with Crippen molar-refractivity contribution in [3.63, 3.8) is 0 Å². The summed E-state index contributed by atoms with van der Waals surface area (Å²) in [7, 11) is 0. The van der Waals surface area contributed by atoms with E-state index >= 15 is 0 Å². The largest absolute Gasteiger partial charge is 0.346 e. The second kappa shape index (κ2) is 5.96. The number of rotatable bonds is 7. The molecular formula is C14H24O3. The Balaban J connectivity index is 1.82. The van der Waals surface area contributed by atoms with Gasteiger partial charge in [-0.3, -0.25) is 4.79 Å². The molecule has 0 aromatic carbocycles. The van der Waals surface area contributed by atoms with Gasteiger partial charge in [0, 0.05) is 19.6 Å². The SMILES string of the molecule is CCOC(OCC)C(=O)CC1CC2CCC1C2. The summed E-state index contributed by atoms with van der Waals surface area (Å²) in [6.45, 7) is 4.87. The third-order valence-corrected chi connectivity index (χ3v) is 4.25. The minimum atomic E-state index is -0.621. The van der Waals surface area contributed by atoms with E-state index in [2.05, 4.69) is 0 Å². The summed E-state index contributed by atoms with van der Waals surface area (Å²) in [6, 6.07) is 0. The van der Waals surface area contributed by atoms with Gasteiger partial charge < -0.3 is 9.47 Å². The van der Waals surface area contributed by atoms with Crippen molar-refractivity contribution >= 4 is 5.78 Å². The fourth-order valence-electron chi connectivity index (χ4n) is 3.52. The maximum absolute atomic E-state index is 12.1. The lowest BCUT2D eigenvalue weighted by atomic mass is 9.85. The van der Waals surface area contributed by atoms with Gasteiger partial charge in [-0.05, 0) is 50.9 Å². The number of Topliss-reactive ketones (excluding diaryl/α,β-unsaturated/α-hetero) is 1. The highest BCUT2D eigenvalue weighted by molar-refractivity contribution is 5.82.